The fourth-order valence-electron chi connectivity index (χ4n) is 2.82. The Hall–Kier alpha value is -1.68. The number of hydrogen-bond donors (Lipinski definition) is 0. The van der Waals surface area contributed by atoms with E-state index in [-0.39, 0.29) is 18.8 Å². The topological polar surface area (TPSA) is 32.8 Å². The molecule has 0 unspecified atom stereocenters. The standard InChI is InChI=1S/C15H15ClF6N2O2/c1-13(26-12(25)15(20,21)22)8-23(2)5-6-24(13)9-3-4-11(16)10(7-9)14(17,18)19/h3-4,7H,5-6,8H2,1-2H3/t13-/m0/s1. The zero-order valence-corrected chi connectivity index (χ0v) is 14.5. The normalized spacial score (nSPS) is 22.4. The van der Waals surface area contributed by atoms with Crippen LogP contribution in [0.1, 0.15) is 12.5 Å². The van der Waals surface area contributed by atoms with Gasteiger partial charge in [-0.1, -0.05) is 11.6 Å². The lowest BCUT2D eigenvalue weighted by Crippen LogP contribution is -2.63. The fourth-order valence-corrected chi connectivity index (χ4v) is 3.04. The van der Waals surface area contributed by atoms with Gasteiger partial charge in [0.1, 0.15) is 0 Å². The van der Waals surface area contributed by atoms with E-state index in [1.54, 1.807) is 11.9 Å². The summed E-state index contributed by atoms with van der Waals surface area (Å²) in [6.07, 6.45) is -9.96. The van der Waals surface area contributed by atoms with Crippen LogP contribution >= 0.6 is 11.6 Å². The third kappa shape index (κ3) is 4.35. The highest BCUT2D eigenvalue weighted by Gasteiger charge is 2.49. The van der Waals surface area contributed by atoms with Gasteiger partial charge in [0, 0.05) is 18.8 Å². The number of carbonyl (C=O) groups excluding carboxylic acids is 1. The van der Waals surface area contributed by atoms with Crippen molar-refractivity contribution >= 4 is 23.3 Å². The lowest BCUT2D eigenvalue weighted by atomic mass is 10.1. The van der Waals surface area contributed by atoms with E-state index in [0.29, 0.717) is 6.54 Å². The number of nitrogens with zero attached hydrogens (tertiary/aromatic N) is 2. The smallest absolute Gasteiger partial charge is 0.431 e. The van der Waals surface area contributed by atoms with Crippen molar-refractivity contribution in [3.05, 3.63) is 28.8 Å². The fraction of sp³-hybridized carbons (Fsp3) is 0.533. The highest BCUT2D eigenvalue weighted by Crippen LogP contribution is 2.39. The molecule has 0 aliphatic carbocycles. The Balaban J connectivity index is 2.43. The maximum absolute atomic E-state index is 13.1. The quantitative estimate of drug-likeness (QED) is 0.552. The van der Waals surface area contributed by atoms with E-state index in [0.717, 1.165) is 12.1 Å². The molecule has 146 valence electrons. The number of esters is 1. The van der Waals surface area contributed by atoms with Crippen molar-refractivity contribution in [3.63, 3.8) is 0 Å². The number of halogens is 7. The minimum Gasteiger partial charge on any atom is -0.431 e. The number of piperazine rings is 1. The first-order valence-electron chi connectivity index (χ1n) is 7.37. The number of ether oxygens (including phenoxy) is 1. The number of rotatable bonds is 2. The Labute approximate surface area is 150 Å². The van der Waals surface area contributed by atoms with E-state index in [1.165, 1.54) is 17.9 Å². The molecule has 1 aliphatic heterocycles. The van der Waals surface area contributed by atoms with E-state index in [1.807, 2.05) is 0 Å². The van der Waals surface area contributed by atoms with Gasteiger partial charge in [0.25, 0.3) is 0 Å². The maximum atomic E-state index is 13.1. The molecule has 1 heterocycles. The molecule has 4 nitrogen and oxygen atoms in total. The van der Waals surface area contributed by atoms with Crippen molar-refractivity contribution in [1.29, 1.82) is 0 Å². The van der Waals surface area contributed by atoms with E-state index in [9.17, 15) is 31.1 Å². The molecule has 1 aliphatic rings. The second kappa shape index (κ2) is 6.80. The minimum absolute atomic E-state index is 0.0488. The third-order valence-electron chi connectivity index (χ3n) is 3.95. The molecule has 0 amide bonds. The van der Waals surface area contributed by atoms with Gasteiger partial charge in [0.05, 0.1) is 17.1 Å². The van der Waals surface area contributed by atoms with Crippen LogP contribution in [0, 0.1) is 0 Å². The molecule has 0 spiro atoms. The molecule has 1 aromatic carbocycles. The summed E-state index contributed by atoms with van der Waals surface area (Å²) in [5, 5.41) is -0.538. The van der Waals surface area contributed by atoms with Crippen LogP contribution in [-0.2, 0) is 15.7 Å². The van der Waals surface area contributed by atoms with Crippen molar-refractivity contribution in [3.8, 4) is 0 Å². The monoisotopic (exact) mass is 404 g/mol. The molecule has 0 N–H and O–H groups in total. The Kier molecular flexibility index (Phi) is 5.40. The summed E-state index contributed by atoms with van der Waals surface area (Å²) in [6.45, 7) is 1.49. The lowest BCUT2D eigenvalue weighted by molar-refractivity contribution is -0.215. The van der Waals surface area contributed by atoms with E-state index >= 15 is 0 Å². The molecule has 0 bridgehead atoms. The summed E-state index contributed by atoms with van der Waals surface area (Å²) in [4.78, 5) is 14.1. The van der Waals surface area contributed by atoms with Crippen LogP contribution in [0.2, 0.25) is 5.02 Å². The number of carbonyl (C=O) groups is 1. The number of likely N-dealkylation sites (N-methyl/N-ethyl adjacent to an activating group) is 1. The summed E-state index contributed by atoms with van der Waals surface area (Å²) in [7, 11) is 1.60. The van der Waals surface area contributed by atoms with Gasteiger partial charge in [-0.2, -0.15) is 26.3 Å². The first-order valence-corrected chi connectivity index (χ1v) is 7.75. The van der Waals surface area contributed by atoms with Crippen LogP contribution in [0.25, 0.3) is 0 Å². The lowest BCUT2D eigenvalue weighted by Gasteiger charge is -2.48. The van der Waals surface area contributed by atoms with Crippen molar-refractivity contribution in [1.82, 2.24) is 4.90 Å². The molecule has 0 aromatic heterocycles. The molecule has 0 saturated carbocycles. The van der Waals surface area contributed by atoms with E-state index < -0.39 is 34.6 Å². The molecule has 1 atom stereocenters. The number of anilines is 1. The van der Waals surface area contributed by atoms with Gasteiger partial charge in [-0.05, 0) is 32.2 Å². The van der Waals surface area contributed by atoms with Crippen LogP contribution in [0.3, 0.4) is 0 Å². The summed E-state index contributed by atoms with van der Waals surface area (Å²) in [5.74, 6) is -2.41. The summed E-state index contributed by atoms with van der Waals surface area (Å²) in [5.41, 5.74) is -2.98. The van der Waals surface area contributed by atoms with Crippen LogP contribution in [-0.4, -0.2) is 49.5 Å². The molecular formula is C15H15ClF6N2O2. The third-order valence-corrected chi connectivity index (χ3v) is 4.28. The average molecular weight is 405 g/mol. The Morgan fingerprint density at radius 3 is 2.35 bits per heavy atom. The first-order chi connectivity index (χ1) is 11.7. The zero-order chi connectivity index (χ0) is 19.9. The van der Waals surface area contributed by atoms with E-state index in [2.05, 4.69) is 4.74 Å². The molecule has 26 heavy (non-hydrogen) atoms. The Morgan fingerprint density at radius 2 is 1.81 bits per heavy atom. The average Bonchev–Trinajstić information content (AvgIpc) is 2.45. The second-order valence-corrected chi connectivity index (χ2v) is 6.52. The first kappa shape index (κ1) is 20.6. The van der Waals surface area contributed by atoms with Crippen LogP contribution in [0.15, 0.2) is 18.2 Å². The van der Waals surface area contributed by atoms with Crippen LogP contribution in [0.5, 0.6) is 0 Å². The molecular weight excluding hydrogens is 390 g/mol. The molecule has 1 fully saturated rings. The van der Waals surface area contributed by atoms with Crippen LogP contribution < -0.4 is 4.90 Å². The van der Waals surface area contributed by atoms with Gasteiger partial charge in [0.2, 0.25) is 0 Å². The Bertz CT molecular complexity index is 694. The predicted molar refractivity (Wildman–Crippen MR) is 81.8 cm³/mol. The second-order valence-electron chi connectivity index (χ2n) is 6.11. The van der Waals surface area contributed by atoms with Crippen LogP contribution in [0.4, 0.5) is 32.0 Å². The van der Waals surface area contributed by atoms with Gasteiger partial charge in [0.15, 0.2) is 5.72 Å². The maximum Gasteiger partial charge on any atom is 0.491 e. The summed E-state index contributed by atoms with van der Waals surface area (Å²) in [6, 6.07) is 2.97. The summed E-state index contributed by atoms with van der Waals surface area (Å²) >= 11 is 5.58. The van der Waals surface area contributed by atoms with Gasteiger partial charge in [-0.25, -0.2) is 4.79 Å². The zero-order valence-electron chi connectivity index (χ0n) is 13.7. The number of hydrogen-bond acceptors (Lipinski definition) is 4. The number of benzene rings is 1. The highest BCUT2D eigenvalue weighted by atomic mass is 35.5. The predicted octanol–water partition coefficient (Wildman–Crippen LogP) is 3.93. The van der Waals surface area contributed by atoms with Gasteiger partial charge in [-0.15, -0.1) is 0 Å². The SMILES string of the molecule is CN1CCN(c2ccc(Cl)c(C(F)(F)F)c2)[C@@](C)(OC(=O)C(F)(F)F)C1. The van der Waals surface area contributed by atoms with Gasteiger partial charge >= 0.3 is 18.3 Å². The van der Waals surface area contributed by atoms with Gasteiger partial charge < -0.3 is 9.64 Å². The van der Waals surface area contributed by atoms with Crippen molar-refractivity contribution in [2.75, 3.05) is 31.6 Å². The number of alkyl halides is 6. The van der Waals surface area contributed by atoms with E-state index in [4.69, 9.17) is 11.6 Å². The largest absolute Gasteiger partial charge is 0.491 e. The van der Waals surface area contributed by atoms with Gasteiger partial charge in [-0.3, -0.25) is 4.90 Å². The molecule has 1 saturated heterocycles. The molecule has 2 rings (SSSR count). The summed E-state index contributed by atoms with van der Waals surface area (Å²) < 4.78 is 81.7. The molecule has 11 heteroatoms. The molecule has 0 radical (unpaired) electrons. The molecule has 1 aromatic rings. The van der Waals surface area contributed by atoms with Crippen molar-refractivity contribution in [2.24, 2.45) is 0 Å². The highest BCUT2D eigenvalue weighted by molar-refractivity contribution is 6.31. The van der Waals surface area contributed by atoms with Crippen molar-refractivity contribution < 1.29 is 35.9 Å². The minimum atomic E-state index is -5.22. The van der Waals surface area contributed by atoms with Crippen molar-refractivity contribution in [2.45, 2.75) is 25.0 Å². The Morgan fingerprint density at radius 1 is 1.19 bits per heavy atom.